The third-order valence-corrected chi connectivity index (χ3v) is 5.50. The van der Waals surface area contributed by atoms with E-state index in [1.165, 1.54) is 23.1 Å². The van der Waals surface area contributed by atoms with Crippen LogP contribution in [0.3, 0.4) is 0 Å². The topological polar surface area (TPSA) is 104 Å². The fourth-order valence-electron chi connectivity index (χ4n) is 2.72. The molecule has 1 aromatic rings. The average molecular weight is 354 g/mol. The number of rotatable bonds is 5. The lowest BCUT2D eigenvalue weighted by molar-refractivity contribution is -0.143. The molecule has 1 amide bonds. The molecule has 1 heterocycles. The molecule has 8 heteroatoms. The Balaban J connectivity index is 2.22. The van der Waals surface area contributed by atoms with Gasteiger partial charge in [-0.15, -0.1) is 0 Å². The van der Waals surface area contributed by atoms with Gasteiger partial charge in [-0.2, -0.15) is 0 Å². The summed E-state index contributed by atoms with van der Waals surface area (Å²) in [6, 6.07) is 5.56. The first kappa shape index (κ1) is 18.4. The molecule has 1 aliphatic heterocycles. The van der Waals surface area contributed by atoms with Gasteiger partial charge < -0.3 is 10.0 Å². The molecule has 1 aliphatic rings. The number of nitrogens with one attached hydrogen (secondary N) is 1. The van der Waals surface area contributed by atoms with Gasteiger partial charge in [0.05, 0.1) is 10.8 Å². The molecule has 0 saturated carbocycles. The van der Waals surface area contributed by atoms with Crippen molar-refractivity contribution in [1.29, 1.82) is 0 Å². The quantitative estimate of drug-likeness (QED) is 0.830. The summed E-state index contributed by atoms with van der Waals surface area (Å²) in [4.78, 5) is 25.2. The molecule has 24 heavy (non-hydrogen) atoms. The molecule has 132 valence electrons. The van der Waals surface area contributed by atoms with Gasteiger partial charge in [-0.1, -0.05) is 6.07 Å². The van der Waals surface area contributed by atoms with Crippen molar-refractivity contribution in [2.75, 3.05) is 13.1 Å². The number of hydrogen-bond donors (Lipinski definition) is 2. The Morgan fingerprint density at radius 3 is 2.67 bits per heavy atom. The van der Waals surface area contributed by atoms with Crippen molar-refractivity contribution in [2.45, 2.75) is 37.6 Å². The number of aliphatic carboxylic acids is 1. The van der Waals surface area contributed by atoms with Crippen LogP contribution < -0.4 is 4.72 Å². The van der Waals surface area contributed by atoms with Gasteiger partial charge in [-0.05, 0) is 44.9 Å². The zero-order valence-electron chi connectivity index (χ0n) is 13.7. The molecule has 7 nitrogen and oxygen atoms in total. The maximum Gasteiger partial charge on any atom is 0.308 e. The largest absolute Gasteiger partial charge is 0.481 e. The van der Waals surface area contributed by atoms with Crippen LogP contribution >= 0.6 is 0 Å². The van der Waals surface area contributed by atoms with Crippen LogP contribution in [0.25, 0.3) is 0 Å². The van der Waals surface area contributed by atoms with Crippen LogP contribution in [-0.4, -0.2) is 49.4 Å². The third-order valence-electron chi connectivity index (χ3n) is 3.84. The van der Waals surface area contributed by atoms with E-state index in [1.807, 2.05) is 0 Å². The Hall–Kier alpha value is -1.93. The second-order valence-electron chi connectivity index (χ2n) is 6.23. The van der Waals surface area contributed by atoms with Crippen molar-refractivity contribution in [3.63, 3.8) is 0 Å². The van der Waals surface area contributed by atoms with Crippen molar-refractivity contribution in [3.8, 4) is 0 Å². The molecule has 1 fully saturated rings. The highest BCUT2D eigenvalue weighted by molar-refractivity contribution is 7.89. The third kappa shape index (κ3) is 4.33. The second kappa shape index (κ2) is 7.31. The summed E-state index contributed by atoms with van der Waals surface area (Å²) in [5.41, 5.74) is 0.243. The molecule has 0 radical (unpaired) electrons. The highest BCUT2D eigenvalue weighted by Gasteiger charge is 2.29. The Kier molecular flexibility index (Phi) is 5.61. The Morgan fingerprint density at radius 1 is 1.33 bits per heavy atom. The maximum absolute atomic E-state index is 12.6. The lowest BCUT2D eigenvalue weighted by Gasteiger charge is -2.30. The number of piperidine rings is 1. The minimum absolute atomic E-state index is 0.0221. The highest BCUT2D eigenvalue weighted by atomic mass is 32.2. The van der Waals surface area contributed by atoms with Gasteiger partial charge >= 0.3 is 5.97 Å². The highest BCUT2D eigenvalue weighted by Crippen LogP contribution is 2.20. The molecule has 0 aliphatic carbocycles. The average Bonchev–Trinajstić information content (AvgIpc) is 2.53. The van der Waals surface area contributed by atoms with Crippen molar-refractivity contribution in [3.05, 3.63) is 29.8 Å². The molecule has 1 unspecified atom stereocenters. The van der Waals surface area contributed by atoms with E-state index in [0.29, 0.717) is 19.4 Å². The smallest absolute Gasteiger partial charge is 0.308 e. The van der Waals surface area contributed by atoms with Crippen molar-refractivity contribution in [1.82, 2.24) is 9.62 Å². The lowest BCUT2D eigenvalue weighted by atomic mass is 9.97. The van der Waals surface area contributed by atoms with Crippen LogP contribution in [0.4, 0.5) is 0 Å². The van der Waals surface area contributed by atoms with Gasteiger partial charge in [-0.25, -0.2) is 13.1 Å². The van der Waals surface area contributed by atoms with Crippen LogP contribution in [0.2, 0.25) is 0 Å². The number of amides is 1. The summed E-state index contributed by atoms with van der Waals surface area (Å²) >= 11 is 0. The van der Waals surface area contributed by atoms with Crippen LogP contribution in [0.15, 0.2) is 29.2 Å². The Morgan fingerprint density at radius 2 is 2.04 bits per heavy atom. The number of carboxylic acid groups (broad SMARTS) is 1. The van der Waals surface area contributed by atoms with E-state index >= 15 is 0 Å². The molecule has 0 aromatic heterocycles. The number of carboxylic acids is 1. The first-order valence-electron chi connectivity index (χ1n) is 7.85. The second-order valence-corrected chi connectivity index (χ2v) is 7.95. The number of benzene rings is 1. The van der Waals surface area contributed by atoms with Crippen LogP contribution in [-0.2, 0) is 14.8 Å². The fraction of sp³-hybridized carbons (Fsp3) is 0.500. The molecule has 0 bridgehead atoms. The maximum atomic E-state index is 12.6. The SMILES string of the molecule is CC(C)NS(=O)(=O)c1cccc(C(=O)N2CCCC(C(=O)O)C2)c1. The molecule has 1 aromatic carbocycles. The van der Waals surface area contributed by atoms with E-state index < -0.39 is 21.9 Å². The predicted octanol–water partition coefficient (Wildman–Crippen LogP) is 1.31. The first-order valence-corrected chi connectivity index (χ1v) is 9.33. The number of hydrogen-bond acceptors (Lipinski definition) is 4. The normalized spacial score (nSPS) is 18.6. The Bertz CT molecular complexity index is 730. The number of likely N-dealkylation sites (tertiary alicyclic amines) is 1. The molecule has 2 N–H and O–H groups in total. The van der Waals surface area contributed by atoms with E-state index in [1.54, 1.807) is 19.9 Å². The summed E-state index contributed by atoms with van der Waals surface area (Å²) in [5.74, 6) is -1.83. The van der Waals surface area contributed by atoms with Gasteiger partial charge in [0.15, 0.2) is 0 Å². The zero-order valence-corrected chi connectivity index (χ0v) is 14.5. The summed E-state index contributed by atoms with van der Waals surface area (Å²) < 4.78 is 26.9. The van der Waals surface area contributed by atoms with Gasteiger partial charge in [-0.3, -0.25) is 9.59 Å². The van der Waals surface area contributed by atoms with Gasteiger partial charge in [0.25, 0.3) is 5.91 Å². The summed E-state index contributed by atoms with van der Waals surface area (Å²) in [6.45, 7) is 4.05. The van der Waals surface area contributed by atoms with E-state index in [4.69, 9.17) is 5.11 Å². The van der Waals surface area contributed by atoms with E-state index in [9.17, 15) is 18.0 Å². The molecular formula is C16H22N2O5S. The molecule has 0 spiro atoms. The standard InChI is InChI=1S/C16H22N2O5S/c1-11(2)17-24(22,23)14-7-3-5-12(9-14)15(19)18-8-4-6-13(10-18)16(20)21/h3,5,7,9,11,13,17H,4,6,8,10H2,1-2H3,(H,20,21). The van der Waals surface area contributed by atoms with E-state index in [0.717, 1.165) is 0 Å². The van der Waals surface area contributed by atoms with Crippen LogP contribution in [0.5, 0.6) is 0 Å². The molecule has 2 rings (SSSR count). The van der Waals surface area contributed by atoms with Gasteiger partial charge in [0, 0.05) is 24.7 Å². The predicted molar refractivity (Wildman–Crippen MR) is 88.2 cm³/mol. The van der Waals surface area contributed by atoms with E-state index in [2.05, 4.69) is 4.72 Å². The summed E-state index contributed by atoms with van der Waals surface area (Å²) in [6.07, 6.45) is 1.17. The van der Waals surface area contributed by atoms with Crippen molar-refractivity contribution in [2.24, 2.45) is 5.92 Å². The Labute approximate surface area is 141 Å². The van der Waals surface area contributed by atoms with Crippen LogP contribution in [0, 0.1) is 5.92 Å². The fourth-order valence-corrected chi connectivity index (χ4v) is 4.02. The molecular weight excluding hydrogens is 332 g/mol. The minimum atomic E-state index is -3.69. The first-order chi connectivity index (χ1) is 11.2. The minimum Gasteiger partial charge on any atom is -0.481 e. The van der Waals surface area contributed by atoms with Crippen LogP contribution in [0.1, 0.15) is 37.0 Å². The number of sulfonamides is 1. The van der Waals surface area contributed by atoms with Gasteiger partial charge in [0.1, 0.15) is 0 Å². The van der Waals surface area contributed by atoms with Gasteiger partial charge in [0.2, 0.25) is 10.0 Å². The number of nitrogens with zero attached hydrogens (tertiary/aromatic N) is 1. The summed E-state index contributed by atoms with van der Waals surface area (Å²) in [7, 11) is -3.69. The van der Waals surface area contributed by atoms with Crippen molar-refractivity contribution >= 4 is 21.9 Å². The van der Waals surface area contributed by atoms with E-state index in [-0.39, 0.29) is 29.0 Å². The monoisotopic (exact) mass is 354 g/mol. The molecule has 1 atom stereocenters. The molecule has 1 saturated heterocycles. The van der Waals surface area contributed by atoms with Crippen molar-refractivity contribution < 1.29 is 23.1 Å². The lowest BCUT2D eigenvalue weighted by Crippen LogP contribution is -2.42. The number of carbonyl (C=O) groups is 2. The zero-order chi connectivity index (χ0) is 17.9. The summed E-state index contributed by atoms with van der Waals surface area (Å²) in [5, 5.41) is 9.12. The number of carbonyl (C=O) groups excluding carboxylic acids is 1.